The Labute approximate surface area is 172 Å². The van der Waals surface area contributed by atoms with Crippen LogP contribution in [0.3, 0.4) is 0 Å². The summed E-state index contributed by atoms with van der Waals surface area (Å²) >= 11 is 6.18. The molecule has 156 valence electrons. The fourth-order valence-corrected chi connectivity index (χ4v) is 3.19. The highest BCUT2D eigenvalue weighted by Crippen LogP contribution is 2.24. The number of carbonyl (C=O) groups excluding carboxylic acids is 1. The Kier molecular flexibility index (Phi) is 9.20. The number of halogens is 1. The van der Waals surface area contributed by atoms with E-state index < -0.39 is 0 Å². The number of amides is 1. The molecule has 1 amide bonds. The molecule has 1 heterocycles. The van der Waals surface area contributed by atoms with Crippen LogP contribution < -0.4 is 15.4 Å². The van der Waals surface area contributed by atoms with Crippen LogP contribution in [-0.2, 0) is 4.74 Å². The number of hydrogen-bond acceptors (Lipinski definition) is 4. The summed E-state index contributed by atoms with van der Waals surface area (Å²) in [4.78, 5) is 17.8. The summed E-state index contributed by atoms with van der Waals surface area (Å²) in [6.45, 7) is 6.28. The second kappa shape index (κ2) is 11.6. The van der Waals surface area contributed by atoms with Gasteiger partial charge in [0, 0.05) is 26.2 Å². The summed E-state index contributed by atoms with van der Waals surface area (Å²) in [6.07, 6.45) is 2.29. The summed E-state index contributed by atoms with van der Waals surface area (Å²) in [5, 5.41) is 7.37. The van der Waals surface area contributed by atoms with E-state index in [-0.39, 0.29) is 18.2 Å². The van der Waals surface area contributed by atoms with Gasteiger partial charge in [0.2, 0.25) is 0 Å². The lowest BCUT2D eigenvalue weighted by atomic mass is 10.1. The molecule has 1 atom stereocenters. The van der Waals surface area contributed by atoms with Crippen LogP contribution in [0.1, 0.15) is 33.1 Å². The minimum atomic E-state index is -0.231. The Morgan fingerprint density at radius 1 is 1.32 bits per heavy atom. The summed E-state index contributed by atoms with van der Waals surface area (Å²) < 4.78 is 11.1. The number of nitrogens with zero attached hydrogens (tertiary/aromatic N) is 2. The fraction of sp³-hybridized carbons (Fsp3) is 0.600. The van der Waals surface area contributed by atoms with Gasteiger partial charge in [0.25, 0.3) is 0 Å². The van der Waals surface area contributed by atoms with Crippen molar-refractivity contribution < 1.29 is 14.3 Å². The maximum Gasteiger partial charge on any atom is 0.409 e. The van der Waals surface area contributed by atoms with Gasteiger partial charge in [-0.3, -0.25) is 4.99 Å². The maximum absolute atomic E-state index is 11.8. The van der Waals surface area contributed by atoms with Crippen molar-refractivity contribution in [3.05, 3.63) is 29.3 Å². The van der Waals surface area contributed by atoms with E-state index in [4.69, 9.17) is 21.1 Å². The topological polar surface area (TPSA) is 75.2 Å². The first-order valence-electron chi connectivity index (χ1n) is 9.87. The molecule has 8 heteroatoms. The van der Waals surface area contributed by atoms with E-state index in [0.29, 0.717) is 37.0 Å². The predicted octanol–water partition coefficient (Wildman–Crippen LogP) is 3.28. The molecule has 1 aromatic rings. The van der Waals surface area contributed by atoms with Crippen molar-refractivity contribution in [3.63, 3.8) is 0 Å². The number of benzene rings is 1. The molecular weight excluding hydrogens is 380 g/mol. The number of guanidine groups is 1. The number of aliphatic imine (C=N–C) groups is 1. The predicted molar refractivity (Wildman–Crippen MR) is 112 cm³/mol. The minimum Gasteiger partial charge on any atom is -0.487 e. The van der Waals surface area contributed by atoms with E-state index in [1.54, 1.807) is 11.9 Å². The Morgan fingerprint density at radius 2 is 2.04 bits per heavy atom. The van der Waals surface area contributed by atoms with E-state index in [2.05, 4.69) is 22.5 Å². The smallest absolute Gasteiger partial charge is 0.409 e. The van der Waals surface area contributed by atoms with Crippen molar-refractivity contribution >= 4 is 23.7 Å². The Morgan fingerprint density at radius 3 is 2.64 bits per heavy atom. The molecule has 2 rings (SSSR count). The van der Waals surface area contributed by atoms with Crippen LogP contribution in [0.25, 0.3) is 0 Å². The number of likely N-dealkylation sites (tertiary alicyclic amines) is 1. The van der Waals surface area contributed by atoms with Gasteiger partial charge in [0.1, 0.15) is 11.9 Å². The number of rotatable bonds is 7. The first-order valence-corrected chi connectivity index (χ1v) is 10.2. The monoisotopic (exact) mass is 410 g/mol. The Bertz CT molecular complexity index is 648. The molecule has 1 aliphatic rings. The average molecular weight is 411 g/mol. The van der Waals surface area contributed by atoms with E-state index in [9.17, 15) is 4.79 Å². The molecule has 0 saturated carbocycles. The Hall–Kier alpha value is -2.15. The third-order valence-corrected chi connectivity index (χ3v) is 4.98. The first kappa shape index (κ1) is 22.1. The number of piperidine rings is 1. The maximum atomic E-state index is 11.8. The molecule has 1 aromatic carbocycles. The fourth-order valence-electron chi connectivity index (χ4n) is 3.01. The molecule has 1 aliphatic heterocycles. The van der Waals surface area contributed by atoms with Crippen LogP contribution in [-0.4, -0.2) is 62.4 Å². The third kappa shape index (κ3) is 6.78. The molecule has 1 fully saturated rings. The molecule has 1 unspecified atom stereocenters. The normalized spacial score (nSPS) is 16.4. The number of nitrogens with one attached hydrogen (secondary N) is 2. The van der Waals surface area contributed by atoms with Gasteiger partial charge >= 0.3 is 6.09 Å². The zero-order valence-corrected chi connectivity index (χ0v) is 17.7. The largest absolute Gasteiger partial charge is 0.487 e. The van der Waals surface area contributed by atoms with Gasteiger partial charge in [-0.25, -0.2) is 4.79 Å². The standard InChI is InChI=1S/C20H31ClN4O3/c1-4-16(28-18-9-7-6-8-17(18)21)14-23-19(22-3)24-15-10-12-25(13-11-15)20(26)27-5-2/h6-9,15-16H,4-5,10-14H2,1-3H3,(H2,22,23,24). The summed E-state index contributed by atoms with van der Waals surface area (Å²) in [7, 11) is 1.75. The molecular formula is C20H31ClN4O3. The summed E-state index contributed by atoms with van der Waals surface area (Å²) in [6, 6.07) is 7.74. The van der Waals surface area contributed by atoms with Crippen LogP contribution in [0.15, 0.2) is 29.3 Å². The average Bonchev–Trinajstić information content (AvgIpc) is 2.72. The van der Waals surface area contributed by atoms with E-state index in [0.717, 1.165) is 25.2 Å². The molecule has 0 radical (unpaired) electrons. The van der Waals surface area contributed by atoms with E-state index in [1.165, 1.54) is 0 Å². The molecule has 0 aromatic heterocycles. The zero-order chi connectivity index (χ0) is 20.4. The third-order valence-electron chi connectivity index (χ3n) is 4.67. The molecule has 0 spiro atoms. The van der Waals surface area contributed by atoms with Gasteiger partial charge in [-0.1, -0.05) is 30.7 Å². The zero-order valence-electron chi connectivity index (χ0n) is 16.9. The second-order valence-corrected chi connectivity index (χ2v) is 7.04. The molecule has 7 nitrogen and oxygen atoms in total. The van der Waals surface area contributed by atoms with Crippen LogP contribution in [0.5, 0.6) is 5.75 Å². The molecule has 0 aliphatic carbocycles. The number of carbonyl (C=O) groups is 1. The highest BCUT2D eigenvalue weighted by Gasteiger charge is 2.24. The lowest BCUT2D eigenvalue weighted by molar-refractivity contribution is 0.0962. The molecule has 0 bridgehead atoms. The second-order valence-electron chi connectivity index (χ2n) is 6.64. The number of ether oxygens (including phenoxy) is 2. The van der Waals surface area contributed by atoms with Gasteiger partial charge in [-0.15, -0.1) is 0 Å². The SMILES string of the molecule is CCOC(=O)N1CCC(NC(=NC)NCC(CC)Oc2ccccc2Cl)CC1. The highest BCUT2D eigenvalue weighted by atomic mass is 35.5. The minimum absolute atomic E-state index is 0.0240. The molecule has 28 heavy (non-hydrogen) atoms. The van der Waals surface area contributed by atoms with Crippen LogP contribution in [0, 0.1) is 0 Å². The Balaban J connectivity index is 1.78. The number of hydrogen-bond donors (Lipinski definition) is 2. The van der Waals surface area contributed by atoms with Gasteiger partial charge < -0.3 is 25.0 Å². The van der Waals surface area contributed by atoms with Crippen molar-refractivity contribution in [3.8, 4) is 5.75 Å². The lowest BCUT2D eigenvalue weighted by Gasteiger charge is -2.32. The van der Waals surface area contributed by atoms with Crippen molar-refractivity contribution in [1.29, 1.82) is 0 Å². The van der Waals surface area contributed by atoms with Crippen molar-refractivity contribution in [1.82, 2.24) is 15.5 Å². The van der Waals surface area contributed by atoms with Crippen molar-refractivity contribution in [2.75, 3.05) is 33.3 Å². The highest BCUT2D eigenvalue weighted by molar-refractivity contribution is 6.32. The van der Waals surface area contributed by atoms with Crippen LogP contribution >= 0.6 is 11.6 Å². The summed E-state index contributed by atoms with van der Waals surface area (Å²) in [5.41, 5.74) is 0. The van der Waals surface area contributed by atoms with Gasteiger partial charge in [0.15, 0.2) is 5.96 Å². The van der Waals surface area contributed by atoms with Crippen molar-refractivity contribution in [2.24, 2.45) is 4.99 Å². The van der Waals surface area contributed by atoms with Gasteiger partial charge in [-0.2, -0.15) is 0 Å². The quantitative estimate of drug-likeness (QED) is 0.533. The van der Waals surface area contributed by atoms with Gasteiger partial charge in [-0.05, 0) is 38.3 Å². The first-order chi connectivity index (χ1) is 13.6. The van der Waals surface area contributed by atoms with Gasteiger partial charge in [0.05, 0.1) is 18.2 Å². The van der Waals surface area contributed by atoms with Crippen LogP contribution in [0.2, 0.25) is 5.02 Å². The molecule has 1 saturated heterocycles. The molecule has 2 N–H and O–H groups in total. The lowest BCUT2D eigenvalue weighted by Crippen LogP contribution is -2.51. The van der Waals surface area contributed by atoms with E-state index >= 15 is 0 Å². The van der Waals surface area contributed by atoms with Crippen molar-refractivity contribution in [2.45, 2.75) is 45.3 Å². The van der Waals surface area contributed by atoms with Crippen LogP contribution in [0.4, 0.5) is 4.79 Å². The summed E-state index contributed by atoms with van der Waals surface area (Å²) in [5.74, 6) is 1.42. The van der Waals surface area contributed by atoms with E-state index in [1.807, 2.05) is 31.2 Å². The number of para-hydroxylation sites is 1.